The molecule has 0 heterocycles. The van der Waals surface area contributed by atoms with E-state index in [0.29, 0.717) is 17.4 Å². The first-order chi connectivity index (χ1) is 31.0. The molecule has 0 aliphatic heterocycles. The van der Waals surface area contributed by atoms with Crippen molar-refractivity contribution < 1.29 is 32.9 Å². The molecule has 3 unspecified atom stereocenters. The number of aliphatic hydroxyl groups excluding tert-OH is 1. The minimum absolute atomic E-state index is 0.00385. The van der Waals surface area contributed by atoms with Crippen molar-refractivity contribution in [2.24, 2.45) is 0 Å². The number of aliphatic hydroxyl groups is 1. The van der Waals surface area contributed by atoms with Crippen LogP contribution >= 0.6 is 7.82 Å². The lowest BCUT2D eigenvalue weighted by Crippen LogP contribution is -2.45. The molecular formula is C55H109N2O6P. The number of phosphoric ester groups is 1. The molecule has 0 aromatic rings. The minimum Gasteiger partial charge on any atom is -0.756 e. The van der Waals surface area contributed by atoms with E-state index in [1.165, 1.54) is 212 Å². The number of carbonyl (C=O) groups is 1. The Hall–Kier alpha value is -1.02. The van der Waals surface area contributed by atoms with Crippen LogP contribution in [-0.2, 0) is 18.4 Å². The van der Waals surface area contributed by atoms with Crippen LogP contribution in [0.3, 0.4) is 0 Å². The molecule has 64 heavy (non-hydrogen) atoms. The van der Waals surface area contributed by atoms with Crippen LogP contribution in [0, 0.1) is 0 Å². The van der Waals surface area contributed by atoms with Crippen molar-refractivity contribution in [3.63, 3.8) is 0 Å². The van der Waals surface area contributed by atoms with Gasteiger partial charge in [-0.25, -0.2) is 0 Å². The van der Waals surface area contributed by atoms with Crippen LogP contribution in [0.1, 0.15) is 271 Å². The molecule has 0 aromatic heterocycles. The van der Waals surface area contributed by atoms with Crippen molar-refractivity contribution in [3.8, 4) is 0 Å². The Morgan fingerprint density at radius 1 is 0.531 bits per heavy atom. The summed E-state index contributed by atoms with van der Waals surface area (Å²) in [6, 6.07) is -0.899. The Kier molecular flexibility index (Phi) is 46.3. The Morgan fingerprint density at radius 3 is 1.27 bits per heavy atom. The smallest absolute Gasteiger partial charge is 0.268 e. The van der Waals surface area contributed by atoms with Crippen molar-refractivity contribution in [1.82, 2.24) is 5.32 Å². The summed E-state index contributed by atoms with van der Waals surface area (Å²) in [5, 5.41) is 13.8. The molecule has 0 radical (unpaired) electrons. The highest BCUT2D eigenvalue weighted by molar-refractivity contribution is 7.45. The van der Waals surface area contributed by atoms with Gasteiger partial charge in [-0.3, -0.25) is 9.36 Å². The monoisotopic (exact) mass is 925 g/mol. The Labute approximate surface area is 398 Å². The SMILES string of the molecule is CCCCCCCCCCCCCCCCCCCCCC/C=C/CC/C=C/C(O)C(COP(=O)([O-])OCC[N+](C)(C)C)NC(=O)CCCCCCCCCCCCCCCCCC. The summed E-state index contributed by atoms with van der Waals surface area (Å²) in [7, 11) is 1.26. The minimum atomic E-state index is -4.60. The van der Waals surface area contributed by atoms with E-state index in [4.69, 9.17) is 9.05 Å². The summed E-state index contributed by atoms with van der Waals surface area (Å²) >= 11 is 0. The van der Waals surface area contributed by atoms with E-state index in [9.17, 15) is 19.4 Å². The van der Waals surface area contributed by atoms with Crippen LogP contribution in [0.15, 0.2) is 24.3 Å². The van der Waals surface area contributed by atoms with Gasteiger partial charge in [0, 0.05) is 6.42 Å². The average Bonchev–Trinajstić information content (AvgIpc) is 3.25. The van der Waals surface area contributed by atoms with Crippen molar-refractivity contribution in [2.45, 2.75) is 283 Å². The molecule has 9 heteroatoms. The zero-order chi connectivity index (χ0) is 47.1. The van der Waals surface area contributed by atoms with Gasteiger partial charge in [0.1, 0.15) is 13.2 Å². The van der Waals surface area contributed by atoms with E-state index < -0.39 is 20.0 Å². The number of hydrogen-bond donors (Lipinski definition) is 2. The zero-order valence-electron chi connectivity index (χ0n) is 43.3. The van der Waals surface area contributed by atoms with Gasteiger partial charge in [0.15, 0.2) is 0 Å². The topological polar surface area (TPSA) is 108 Å². The van der Waals surface area contributed by atoms with Gasteiger partial charge in [0.2, 0.25) is 5.91 Å². The number of quaternary nitrogens is 1. The van der Waals surface area contributed by atoms with Gasteiger partial charge in [0.05, 0.1) is 39.9 Å². The molecule has 8 nitrogen and oxygen atoms in total. The molecule has 380 valence electrons. The molecule has 0 aromatic carbocycles. The number of phosphoric acid groups is 1. The van der Waals surface area contributed by atoms with Crippen molar-refractivity contribution in [3.05, 3.63) is 24.3 Å². The van der Waals surface area contributed by atoms with Gasteiger partial charge in [-0.05, 0) is 32.1 Å². The molecule has 0 spiro atoms. The summed E-state index contributed by atoms with van der Waals surface area (Å²) in [5.41, 5.74) is 0. The molecule has 0 saturated carbocycles. The largest absolute Gasteiger partial charge is 0.756 e. The van der Waals surface area contributed by atoms with Crippen molar-refractivity contribution in [2.75, 3.05) is 40.9 Å². The highest BCUT2D eigenvalue weighted by atomic mass is 31.2. The maximum absolute atomic E-state index is 12.9. The Bertz CT molecular complexity index is 1090. The van der Waals surface area contributed by atoms with E-state index in [-0.39, 0.29) is 19.1 Å². The number of rotatable bonds is 51. The molecule has 1 amide bonds. The first kappa shape index (κ1) is 63.0. The van der Waals surface area contributed by atoms with Gasteiger partial charge in [0.25, 0.3) is 7.82 Å². The second-order valence-electron chi connectivity index (χ2n) is 20.3. The normalized spacial score (nSPS) is 14.2. The molecule has 0 saturated heterocycles. The van der Waals surface area contributed by atoms with Crippen LogP contribution in [0.4, 0.5) is 0 Å². The summed E-state index contributed by atoms with van der Waals surface area (Å²) in [6.45, 7) is 4.66. The van der Waals surface area contributed by atoms with E-state index in [2.05, 4.69) is 31.3 Å². The van der Waals surface area contributed by atoms with E-state index in [1.807, 2.05) is 27.2 Å². The summed E-state index contributed by atoms with van der Waals surface area (Å²) in [6.07, 6.45) is 58.3. The lowest BCUT2D eigenvalue weighted by atomic mass is 10.0. The highest BCUT2D eigenvalue weighted by Gasteiger charge is 2.23. The quantitative estimate of drug-likeness (QED) is 0.0272. The third-order valence-electron chi connectivity index (χ3n) is 12.7. The van der Waals surface area contributed by atoms with E-state index in [0.717, 1.165) is 38.5 Å². The lowest BCUT2D eigenvalue weighted by Gasteiger charge is -2.29. The van der Waals surface area contributed by atoms with Gasteiger partial charge in [-0.1, -0.05) is 256 Å². The molecule has 0 bridgehead atoms. The number of allylic oxidation sites excluding steroid dienone is 3. The maximum atomic E-state index is 12.9. The predicted octanol–water partition coefficient (Wildman–Crippen LogP) is 15.8. The fourth-order valence-corrected chi connectivity index (χ4v) is 9.01. The van der Waals surface area contributed by atoms with Crippen molar-refractivity contribution in [1.29, 1.82) is 0 Å². The first-order valence-electron chi connectivity index (χ1n) is 27.7. The number of nitrogens with zero attached hydrogens (tertiary/aromatic N) is 1. The first-order valence-corrected chi connectivity index (χ1v) is 29.2. The molecular weight excluding hydrogens is 816 g/mol. The zero-order valence-corrected chi connectivity index (χ0v) is 44.1. The third kappa shape index (κ3) is 48.9. The molecule has 0 aliphatic rings. The standard InChI is InChI=1S/C55H109N2O6P/c1-6-8-10-12-14-16-18-20-22-24-25-26-27-28-29-30-31-32-33-34-36-38-40-42-44-46-48-54(58)53(52-63-64(60,61)62-51-50-57(3,4)5)56-55(59)49-47-45-43-41-39-37-35-23-21-19-17-15-13-11-9-7-2/h38,40,46,48,53-54,58H,6-37,39,41-45,47,49-52H2,1-5H3,(H-,56,59,60,61)/b40-38+,48-46+. The summed E-state index contributed by atoms with van der Waals surface area (Å²) in [5.74, 6) is -0.203. The van der Waals surface area contributed by atoms with Crippen LogP contribution in [0.2, 0.25) is 0 Å². The van der Waals surface area contributed by atoms with Gasteiger partial charge in [-0.15, -0.1) is 0 Å². The van der Waals surface area contributed by atoms with E-state index in [1.54, 1.807) is 6.08 Å². The van der Waals surface area contributed by atoms with Crippen LogP contribution in [0.25, 0.3) is 0 Å². The average molecular weight is 925 g/mol. The molecule has 0 fully saturated rings. The number of carbonyl (C=O) groups excluding carboxylic acids is 1. The Balaban J connectivity index is 4.24. The molecule has 2 N–H and O–H groups in total. The number of amides is 1. The summed E-state index contributed by atoms with van der Waals surface area (Å²) < 4.78 is 23.3. The number of unbranched alkanes of at least 4 members (excludes halogenated alkanes) is 36. The molecule has 0 rings (SSSR count). The third-order valence-corrected chi connectivity index (χ3v) is 13.6. The molecule has 0 aliphatic carbocycles. The highest BCUT2D eigenvalue weighted by Crippen LogP contribution is 2.38. The lowest BCUT2D eigenvalue weighted by molar-refractivity contribution is -0.870. The number of hydrogen-bond acceptors (Lipinski definition) is 6. The fraction of sp³-hybridized carbons (Fsp3) is 0.909. The fourth-order valence-electron chi connectivity index (χ4n) is 8.29. The van der Waals surface area contributed by atoms with Crippen LogP contribution < -0.4 is 10.2 Å². The number of likely N-dealkylation sites (N-methyl/N-ethyl adjacent to an activating group) is 1. The summed E-state index contributed by atoms with van der Waals surface area (Å²) in [4.78, 5) is 25.4. The van der Waals surface area contributed by atoms with Gasteiger partial charge >= 0.3 is 0 Å². The van der Waals surface area contributed by atoms with E-state index >= 15 is 0 Å². The predicted molar refractivity (Wildman–Crippen MR) is 275 cm³/mol. The Morgan fingerprint density at radius 2 is 0.875 bits per heavy atom. The van der Waals surface area contributed by atoms with Crippen molar-refractivity contribution >= 4 is 13.7 Å². The van der Waals surface area contributed by atoms with Crippen LogP contribution in [0.5, 0.6) is 0 Å². The molecule has 3 atom stereocenters. The maximum Gasteiger partial charge on any atom is 0.268 e. The number of nitrogens with one attached hydrogen (secondary N) is 1. The van der Waals surface area contributed by atoms with Gasteiger partial charge in [-0.2, -0.15) is 0 Å². The second kappa shape index (κ2) is 47.1. The van der Waals surface area contributed by atoms with Crippen LogP contribution in [-0.4, -0.2) is 68.5 Å². The second-order valence-corrected chi connectivity index (χ2v) is 21.7. The van der Waals surface area contributed by atoms with Gasteiger partial charge < -0.3 is 28.8 Å².